The molecule has 0 N–H and O–H groups in total. The maximum Gasteiger partial charge on any atom is 0.225 e. The minimum atomic E-state index is -0.286. The average Bonchev–Trinajstić information content (AvgIpc) is 3.05. The van der Waals surface area contributed by atoms with E-state index >= 15 is 0 Å². The highest BCUT2D eigenvalue weighted by Crippen LogP contribution is 2.34. The van der Waals surface area contributed by atoms with Gasteiger partial charge in [0.15, 0.2) is 0 Å². The molecule has 120 valence electrons. The van der Waals surface area contributed by atoms with E-state index in [1.165, 1.54) is 12.3 Å². The normalized spacial score (nSPS) is 23.4. The van der Waals surface area contributed by atoms with Crippen molar-refractivity contribution in [1.29, 1.82) is 0 Å². The predicted octanol–water partition coefficient (Wildman–Crippen LogP) is 2.20. The zero-order valence-electron chi connectivity index (χ0n) is 13.4. The molecule has 0 aliphatic carbocycles. The molecule has 0 radical (unpaired) electrons. The second-order valence-electron chi connectivity index (χ2n) is 6.62. The molecule has 2 aliphatic rings. The van der Waals surface area contributed by atoms with Crippen molar-refractivity contribution in [2.75, 3.05) is 36.0 Å². The lowest BCUT2D eigenvalue weighted by Gasteiger charge is -2.22. The van der Waals surface area contributed by atoms with Gasteiger partial charge in [0.05, 0.1) is 6.20 Å². The summed E-state index contributed by atoms with van der Waals surface area (Å²) < 4.78 is 13.0. The van der Waals surface area contributed by atoms with Gasteiger partial charge in [0.25, 0.3) is 0 Å². The summed E-state index contributed by atoms with van der Waals surface area (Å²) in [4.78, 5) is 17.9. The van der Waals surface area contributed by atoms with E-state index < -0.39 is 0 Å². The summed E-state index contributed by atoms with van der Waals surface area (Å²) >= 11 is 0. The lowest BCUT2D eigenvalue weighted by Crippen LogP contribution is -2.30. The van der Waals surface area contributed by atoms with Crippen LogP contribution in [-0.4, -0.2) is 41.1 Å². The molecule has 0 aromatic carbocycles. The van der Waals surface area contributed by atoms with Crippen LogP contribution >= 0.6 is 0 Å². The topological polar surface area (TPSA) is 45.2 Å². The summed E-state index contributed by atoms with van der Waals surface area (Å²) in [6.45, 7) is 7.90. The number of fused-ring (bicyclic) bond motifs is 1. The number of hydrogen-bond donors (Lipinski definition) is 0. The van der Waals surface area contributed by atoms with E-state index in [0.29, 0.717) is 11.8 Å². The van der Waals surface area contributed by atoms with Gasteiger partial charge in [0, 0.05) is 49.4 Å². The summed E-state index contributed by atoms with van der Waals surface area (Å²) in [6, 6.07) is 5.25. The zero-order chi connectivity index (χ0) is 16.0. The molecule has 2 saturated heterocycles. The highest BCUT2D eigenvalue weighted by Gasteiger charge is 2.41. The molecule has 2 aromatic heterocycles. The van der Waals surface area contributed by atoms with Gasteiger partial charge >= 0.3 is 0 Å². The molecule has 4 heterocycles. The van der Waals surface area contributed by atoms with Crippen LogP contribution in [0.15, 0.2) is 24.4 Å². The lowest BCUT2D eigenvalue weighted by molar-refractivity contribution is 0.533. The maximum absolute atomic E-state index is 13.0. The summed E-state index contributed by atoms with van der Waals surface area (Å²) in [7, 11) is 0. The number of anilines is 2. The van der Waals surface area contributed by atoms with E-state index in [-0.39, 0.29) is 5.82 Å². The van der Waals surface area contributed by atoms with Crippen molar-refractivity contribution in [3.05, 3.63) is 41.6 Å². The minimum Gasteiger partial charge on any atom is -0.356 e. The summed E-state index contributed by atoms with van der Waals surface area (Å²) in [5.41, 5.74) is 2.03. The van der Waals surface area contributed by atoms with Gasteiger partial charge in [-0.2, -0.15) is 0 Å². The number of rotatable bonds is 2. The summed E-state index contributed by atoms with van der Waals surface area (Å²) in [5.74, 6) is 2.61. The van der Waals surface area contributed by atoms with E-state index in [9.17, 15) is 4.39 Å². The Morgan fingerprint density at radius 3 is 2.13 bits per heavy atom. The Kier molecular flexibility index (Phi) is 3.39. The number of pyridine rings is 1. The number of nitrogens with zero attached hydrogens (tertiary/aromatic N) is 5. The van der Waals surface area contributed by atoms with Gasteiger partial charge in [0.2, 0.25) is 5.95 Å². The van der Waals surface area contributed by atoms with E-state index in [4.69, 9.17) is 0 Å². The maximum atomic E-state index is 13.0. The Labute approximate surface area is 135 Å². The van der Waals surface area contributed by atoms with Gasteiger partial charge in [-0.05, 0) is 32.0 Å². The second kappa shape index (κ2) is 5.44. The third-order valence-corrected chi connectivity index (χ3v) is 4.78. The highest BCUT2D eigenvalue weighted by molar-refractivity contribution is 5.42. The lowest BCUT2D eigenvalue weighted by atomic mass is 10.0. The van der Waals surface area contributed by atoms with Crippen LogP contribution < -0.4 is 9.80 Å². The minimum absolute atomic E-state index is 0.286. The predicted molar refractivity (Wildman–Crippen MR) is 87.1 cm³/mol. The van der Waals surface area contributed by atoms with Crippen LogP contribution in [0, 0.1) is 31.5 Å². The fraction of sp³-hybridized carbons (Fsp3) is 0.471. The van der Waals surface area contributed by atoms with Crippen LogP contribution in [0.4, 0.5) is 16.2 Å². The monoisotopic (exact) mass is 313 g/mol. The molecule has 0 saturated carbocycles. The molecule has 4 rings (SSSR count). The Hall–Kier alpha value is -2.24. The first-order valence-corrected chi connectivity index (χ1v) is 8.02. The van der Waals surface area contributed by atoms with Crippen LogP contribution in [0.25, 0.3) is 0 Å². The quantitative estimate of drug-likeness (QED) is 0.850. The van der Waals surface area contributed by atoms with Gasteiger partial charge in [-0.3, -0.25) is 0 Å². The van der Waals surface area contributed by atoms with Crippen LogP contribution in [-0.2, 0) is 0 Å². The molecule has 23 heavy (non-hydrogen) atoms. The van der Waals surface area contributed by atoms with Crippen molar-refractivity contribution in [1.82, 2.24) is 15.0 Å². The SMILES string of the molecule is Cc1cc(C)nc(N2CC3CN(c4ccc(F)cn4)CC3C2)n1. The van der Waals surface area contributed by atoms with E-state index in [1.807, 2.05) is 19.9 Å². The fourth-order valence-electron chi connectivity index (χ4n) is 3.75. The van der Waals surface area contributed by atoms with Gasteiger partial charge in [-0.15, -0.1) is 0 Å². The second-order valence-corrected chi connectivity index (χ2v) is 6.62. The van der Waals surface area contributed by atoms with Crippen molar-refractivity contribution >= 4 is 11.8 Å². The van der Waals surface area contributed by atoms with E-state index in [0.717, 1.165) is 49.3 Å². The molecule has 6 heteroatoms. The molecule has 0 amide bonds. The van der Waals surface area contributed by atoms with Crippen LogP contribution in [0.1, 0.15) is 11.4 Å². The fourth-order valence-corrected chi connectivity index (χ4v) is 3.75. The van der Waals surface area contributed by atoms with Crippen LogP contribution in [0.3, 0.4) is 0 Å². The molecule has 2 aromatic rings. The Morgan fingerprint density at radius 1 is 0.957 bits per heavy atom. The Bertz CT molecular complexity index is 683. The molecule has 5 nitrogen and oxygen atoms in total. The Morgan fingerprint density at radius 2 is 1.57 bits per heavy atom. The number of aryl methyl sites for hydroxylation is 2. The van der Waals surface area contributed by atoms with Gasteiger partial charge < -0.3 is 9.80 Å². The average molecular weight is 313 g/mol. The van der Waals surface area contributed by atoms with Crippen molar-refractivity contribution in [3.8, 4) is 0 Å². The van der Waals surface area contributed by atoms with E-state index in [1.54, 1.807) is 6.07 Å². The van der Waals surface area contributed by atoms with E-state index in [2.05, 4.69) is 24.8 Å². The van der Waals surface area contributed by atoms with Gasteiger partial charge in [-0.1, -0.05) is 0 Å². The Balaban J connectivity index is 1.46. The highest BCUT2D eigenvalue weighted by atomic mass is 19.1. The van der Waals surface area contributed by atoms with Crippen molar-refractivity contribution in [2.45, 2.75) is 13.8 Å². The smallest absolute Gasteiger partial charge is 0.225 e. The third kappa shape index (κ3) is 2.73. The van der Waals surface area contributed by atoms with Crippen LogP contribution in [0.2, 0.25) is 0 Å². The van der Waals surface area contributed by atoms with Crippen molar-refractivity contribution in [2.24, 2.45) is 11.8 Å². The largest absolute Gasteiger partial charge is 0.356 e. The molecule has 2 atom stereocenters. The molecular weight excluding hydrogens is 293 g/mol. The molecule has 2 fully saturated rings. The number of aromatic nitrogens is 3. The zero-order valence-corrected chi connectivity index (χ0v) is 13.4. The van der Waals surface area contributed by atoms with Gasteiger partial charge in [-0.25, -0.2) is 19.3 Å². The van der Waals surface area contributed by atoms with Crippen molar-refractivity contribution in [3.63, 3.8) is 0 Å². The molecule has 2 aliphatic heterocycles. The molecule has 0 bridgehead atoms. The van der Waals surface area contributed by atoms with Gasteiger partial charge in [0.1, 0.15) is 11.6 Å². The summed E-state index contributed by atoms with van der Waals surface area (Å²) in [6.07, 6.45) is 1.29. The van der Waals surface area contributed by atoms with Crippen LogP contribution in [0.5, 0.6) is 0 Å². The first-order valence-electron chi connectivity index (χ1n) is 8.02. The molecule has 2 unspecified atom stereocenters. The van der Waals surface area contributed by atoms with Crippen molar-refractivity contribution < 1.29 is 4.39 Å². The third-order valence-electron chi connectivity index (χ3n) is 4.78. The number of halogens is 1. The molecule has 0 spiro atoms. The number of hydrogen-bond acceptors (Lipinski definition) is 5. The first kappa shape index (κ1) is 14.4. The summed E-state index contributed by atoms with van der Waals surface area (Å²) in [5, 5.41) is 0. The standard InChI is InChI=1S/C17H20FN5/c1-11-5-12(2)21-17(20-11)23-9-13-7-22(8-14(13)10-23)16-4-3-15(18)6-19-16/h3-6,13-14H,7-10H2,1-2H3. The first-order chi connectivity index (χ1) is 11.1. The molecular formula is C17H20FN5.